The lowest BCUT2D eigenvalue weighted by molar-refractivity contribution is -0.384. The van der Waals surface area contributed by atoms with Gasteiger partial charge in [-0.3, -0.25) is 14.9 Å². The summed E-state index contributed by atoms with van der Waals surface area (Å²) in [7, 11) is 0. The highest BCUT2D eigenvalue weighted by Crippen LogP contribution is 2.28. The first-order valence-corrected chi connectivity index (χ1v) is 5.56. The van der Waals surface area contributed by atoms with Gasteiger partial charge in [-0.25, -0.2) is 0 Å². The van der Waals surface area contributed by atoms with E-state index in [1.54, 1.807) is 6.92 Å². The van der Waals surface area contributed by atoms with Crippen molar-refractivity contribution in [2.45, 2.75) is 12.8 Å². The number of nitro groups is 1. The van der Waals surface area contributed by atoms with E-state index in [0.717, 1.165) is 0 Å². The van der Waals surface area contributed by atoms with E-state index in [1.807, 2.05) is 0 Å². The Morgan fingerprint density at radius 2 is 2.33 bits per heavy atom. The van der Waals surface area contributed by atoms with Crippen molar-refractivity contribution in [1.29, 1.82) is 0 Å². The van der Waals surface area contributed by atoms with E-state index < -0.39 is 16.8 Å². The Balaban J connectivity index is 2.90. The summed E-state index contributed by atoms with van der Waals surface area (Å²) in [6, 6.07) is 4.17. The van der Waals surface area contributed by atoms with Crippen LogP contribution in [0.1, 0.15) is 18.4 Å². The quantitative estimate of drug-likeness (QED) is 0.356. The minimum absolute atomic E-state index is 0.000806. The van der Waals surface area contributed by atoms with Crippen LogP contribution in [-0.2, 0) is 9.53 Å². The summed E-state index contributed by atoms with van der Waals surface area (Å²) in [6.07, 6.45) is 1.47. The molecule has 0 aromatic heterocycles. The Morgan fingerprint density at radius 1 is 1.67 bits per heavy atom. The SMILES string of the molecule is C=CCOC(=O)C(C)c1ccc([N+](=O)[O-])c(Cl)c1. The lowest BCUT2D eigenvalue weighted by atomic mass is 10.0. The average Bonchev–Trinajstić information content (AvgIpc) is 2.34. The molecule has 96 valence electrons. The maximum absolute atomic E-state index is 11.6. The Labute approximate surface area is 109 Å². The van der Waals surface area contributed by atoms with Gasteiger partial charge in [0, 0.05) is 6.07 Å². The van der Waals surface area contributed by atoms with Gasteiger partial charge < -0.3 is 4.74 Å². The second kappa shape index (κ2) is 6.16. The summed E-state index contributed by atoms with van der Waals surface area (Å²) in [5.41, 5.74) is 0.381. The molecule has 0 aliphatic rings. The van der Waals surface area contributed by atoms with Crippen LogP contribution in [0, 0.1) is 10.1 Å². The molecule has 18 heavy (non-hydrogen) atoms. The van der Waals surface area contributed by atoms with Crippen LogP contribution in [0.25, 0.3) is 0 Å². The average molecular weight is 270 g/mol. The fourth-order valence-electron chi connectivity index (χ4n) is 1.34. The maximum atomic E-state index is 11.6. The van der Waals surface area contributed by atoms with Crippen LogP contribution in [-0.4, -0.2) is 17.5 Å². The molecule has 1 atom stereocenters. The summed E-state index contributed by atoms with van der Waals surface area (Å²) in [5, 5.41) is 10.6. The summed E-state index contributed by atoms with van der Waals surface area (Å²) in [6.45, 7) is 5.21. The first-order chi connectivity index (χ1) is 8.47. The molecular weight excluding hydrogens is 258 g/mol. The monoisotopic (exact) mass is 269 g/mol. The second-order valence-corrected chi connectivity index (χ2v) is 4.02. The number of nitro benzene ring substituents is 1. The summed E-state index contributed by atoms with van der Waals surface area (Å²) >= 11 is 5.77. The number of benzene rings is 1. The van der Waals surface area contributed by atoms with Crippen molar-refractivity contribution in [2.24, 2.45) is 0 Å². The predicted octanol–water partition coefficient (Wildman–Crippen LogP) is 3.08. The van der Waals surface area contributed by atoms with Gasteiger partial charge in [-0.2, -0.15) is 0 Å². The van der Waals surface area contributed by atoms with Gasteiger partial charge in [-0.1, -0.05) is 30.3 Å². The summed E-state index contributed by atoms with van der Waals surface area (Å²) in [4.78, 5) is 21.6. The van der Waals surface area contributed by atoms with Crippen LogP contribution in [0.3, 0.4) is 0 Å². The number of carbonyl (C=O) groups excluding carboxylic acids is 1. The first kappa shape index (κ1) is 14.2. The molecule has 0 fully saturated rings. The number of carbonyl (C=O) groups is 1. The zero-order valence-corrected chi connectivity index (χ0v) is 10.5. The molecule has 0 amide bonds. The Kier molecular flexibility index (Phi) is 4.85. The molecule has 0 saturated heterocycles. The van der Waals surface area contributed by atoms with E-state index in [4.69, 9.17) is 16.3 Å². The van der Waals surface area contributed by atoms with E-state index in [2.05, 4.69) is 6.58 Å². The van der Waals surface area contributed by atoms with Crippen molar-refractivity contribution in [1.82, 2.24) is 0 Å². The summed E-state index contributed by atoms with van der Waals surface area (Å²) < 4.78 is 4.89. The molecule has 5 nitrogen and oxygen atoms in total. The third kappa shape index (κ3) is 3.30. The molecule has 0 spiro atoms. The highest BCUT2D eigenvalue weighted by molar-refractivity contribution is 6.32. The van der Waals surface area contributed by atoms with E-state index in [-0.39, 0.29) is 17.3 Å². The van der Waals surface area contributed by atoms with Gasteiger partial charge >= 0.3 is 5.97 Å². The molecular formula is C12H12ClNO4. The van der Waals surface area contributed by atoms with Crippen molar-refractivity contribution < 1.29 is 14.5 Å². The zero-order valence-electron chi connectivity index (χ0n) is 9.76. The van der Waals surface area contributed by atoms with E-state index in [9.17, 15) is 14.9 Å². The van der Waals surface area contributed by atoms with Crippen LogP contribution in [0.5, 0.6) is 0 Å². The zero-order chi connectivity index (χ0) is 13.7. The smallest absolute Gasteiger partial charge is 0.313 e. The van der Waals surface area contributed by atoms with Crippen LogP contribution >= 0.6 is 11.6 Å². The van der Waals surface area contributed by atoms with Gasteiger partial charge in [0.05, 0.1) is 10.8 Å². The number of ether oxygens (including phenoxy) is 1. The second-order valence-electron chi connectivity index (χ2n) is 3.61. The molecule has 0 bridgehead atoms. The fraction of sp³-hybridized carbons (Fsp3) is 0.250. The first-order valence-electron chi connectivity index (χ1n) is 5.18. The molecule has 0 heterocycles. The summed E-state index contributed by atoms with van der Waals surface area (Å²) in [5.74, 6) is -0.969. The highest BCUT2D eigenvalue weighted by atomic mass is 35.5. The molecule has 1 aromatic rings. The molecule has 0 aliphatic carbocycles. The molecule has 6 heteroatoms. The van der Waals surface area contributed by atoms with Crippen molar-refractivity contribution in [3.05, 3.63) is 51.6 Å². The molecule has 1 rings (SSSR count). The van der Waals surface area contributed by atoms with E-state index in [1.165, 1.54) is 24.3 Å². The van der Waals surface area contributed by atoms with Crippen molar-refractivity contribution in [3.8, 4) is 0 Å². The largest absolute Gasteiger partial charge is 0.461 e. The lowest BCUT2D eigenvalue weighted by Crippen LogP contribution is -2.13. The highest BCUT2D eigenvalue weighted by Gasteiger charge is 2.20. The molecule has 0 radical (unpaired) electrons. The Bertz CT molecular complexity index is 487. The lowest BCUT2D eigenvalue weighted by Gasteiger charge is -2.11. The van der Waals surface area contributed by atoms with Crippen molar-refractivity contribution >= 4 is 23.3 Å². The molecule has 0 saturated carbocycles. The number of nitrogens with zero attached hydrogens (tertiary/aromatic N) is 1. The maximum Gasteiger partial charge on any atom is 0.313 e. The molecule has 1 unspecified atom stereocenters. The third-order valence-electron chi connectivity index (χ3n) is 2.37. The predicted molar refractivity (Wildman–Crippen MR) is 67.7 cm³/mol. The number of hydrogen-bond acceptors (Lipinski definition) is 4. The number of esters is 1. The topological polar surface area (TPSA) is 69.4 Å². The minimum Gasteiger partial charge on any atom is -0.461 e. The molecule has 0 N–H and O–H groups in total. The Morgan fingerprint density at radius 3 is 2.83 bits per heavy atom. The van der Waals surface area contributed by atoms with Gasteiger partial charge in [0.1, 0.15) is 11.6 Å². The third-order valence-corrected chi connectivity index (χ3v) is 2.67. The Hall–Kier alpha value is -1.88. The van der Waals surface area contributed by atoms with Crippen LogP contribution < -0.4 is 0 Å². The van der Waals surface area contributed by atoms with Crippen molar-refractivity contribution in [2.75, 3.05) is 6.61 Å². The van der Waals surface area contributed by atoms with E-state index in [0.29, 0.717) is 5.56 Å². The van der Waals surface area contributed by atoms with Crippen LogP contribution in [0.15, 0.2) is 30.9 Å². The normalized spacial score (nSPS) is 11.7. The number of rotatable bonds is 5. The van der Waals surface area contributed by atoms with Gasteiger partial charge in [0.25, 0.3) is 5.69 Å². The minimum atomic E-state index is -0.577. The standard InChI is InChI=1S/C12H12ClNO4/c1-3-6-18-12(15)8(2)9-4-5-11(14(16)17)10(13)7-9/h3-5,7-8H,1,6H2,2H3. The van der Waals surface area contributed by atoms with Gasteiger partial charge in [0.15, 0.2) is 0 Å². The molecule has 0 aliphatic heterocycles. The van der Waals surface area contributed by atoms with Gasteiger partial charge in [-0.15, -0.1) is 0 Å². The van der Waals surface area contributed by atoms with Crippen LogP contribution in [0.2, 0.25) is 5.02 Å². The molecule has 1 aromatic carbocycles. The fourth-order valence-corrected chi connectivity index (χ4v) is 1.60. The number of hydrogen-bond donors (Lipinski definition) is 0. The van der Waals surface area contributed by atoms with Gasteiger partial charge in [0.2, 0.25) is 0 Å². The van der Waals surface area contributed by atoms with Crippen LogP contribution in [0.4, 0.5) is 5.69 Å². The number of halogens is 1. The van der Waals surface area contributed by atoms with E-state index >= 15 is 0 Å². The van der Waals surface area contributed by atoms with Crippen molar-refractivity contribution in [3.63, 3.8) is 0 Å². The van der Waals surface area contributed by atoms with Gasteiger partial charge in [-0.05, 0) is 18.6 Å².